The van der Waals surface area contributed by atoms with E-state index in [0.717, 1.165) is 17.7 Å². The zero-order valence-corrected chi connectivity index (χ0v) is 14.2. The molecule has 1 aliphatic rings. The summed E-state index contributed by atoms with van der Waals surface area (Å²) in [6.07, 6.45) is 3.00. The van der Waals surface area contributed by atoms with Gasteiger partial charge in [-0.2, -0.15) is 5.10 Å². The molecule has 1 aromatic carbocycles. The van der Waals surface area contributed by atoms with Gasteiger partial charge in [-0.3, -0.25) is 9.48 Å². The molecule has 0 saturated carbocycles. The number of hydrogen-bond donors (Lipinski definition) is 3. The van der Waals surface area contributed by atoms with Crippen molar-refractivity contribution in [1.82, 2.24) is 20.4 Å². The van der Waals surface area contributed by atoms with Gasteiger partial charge >= 0.3 is 0 Å². The van der Waals surface area contributed by atoms with Crippen molar-refractivity contribution in [3.05, 3.63) is 52.8 Å². The molecule has 1 fully saturated rings. The zero-order valence-electron chi connectivity index (χ0n) is 13.4. The van der Waals surface area contributed by atoms with E-state index in [4.69, 9.17) is 11.6 Å². The van der Waals surface area contributed by atoms with Gasteiger partial charge in [-0.1, -0.05) is 23.7 Å². The molecule has 3 atom stereocenters. The van der Waals surface area contributed by atoms with Crippen LogP contribution in [0.2, 0.25) is 5.02 Å². The van der Waals surface area contributed by atoms with Gasteiger partial charge in [-0.05, 0) is 23.3 Å². The fourth-order valence-corrected chi connectivity index (χ4v) is 3.19. The summed E-state index contributed by atoms with van der Waals surface area (Å²) >= 11 is 5.84. The maximum atomic E-state index is 12.5. The summed E-state index contributed by atoms with van der Waals surface area (Å²) in [6, 6.07) is 6.96. The summed E-state index contributed by atoms with van der Waals surface area (Å²) < 4.78 is 1.74. The third kappa shape index (κ3) is 3.77. The first-order valence-corrected chi connectivity index (χ1v) is 8.33. The largest absolute Gasteiger partial charge is 0.387 e. The molecule has 1 amide bonds. The van der Waals surface area contributed by atoms with Gasteiger partial charge in [-0.25, -0.2) is 0 Å². The van der Waals surface area contributed by atoms with E-state index in [1.807, 2.05) is 13.2 Å². The van der Waals surface area contributed by atoms with E-state index in [1.54, 1.807) is 35.1 Å². The Labute approximate surface area is 145 Å². The first-order valence-electron chi connectivity index (χ1n) is 7.95. The van der Waals surface area contributed by atoms with Crippen LogP contribution < -0.4 is 10.6 Å². The molecule has 6 nitrogen and oxygen atoms in total. The Hall–Kier alpha value is -1.89. The van der Waals surface area contributed by atoms with Crippen molar-refractivity contribution >= 4 is 17.5 Å². The minimum atomic E-state index is -0.752. The van der Waals surface area contributed by atoms with Crippen molar-refractivity contribution < 1.29 is 9.90 Å². The first-order chi connectivity index (χ1) is 11.5. The lowest BCUT2D eigenvalue weighted by Crippen LogP contribution is -2.36. The van der Waals surface area contributed by atoms with Gasteiger partial charge < -0.3 is 15.7 Å². The van der Waals surface area contributed by atoms with E-state index < -0.39 is 6.10 Å². The number of halogens is 1. The van der Waals surface area contributed by atoms with E-state index >= 15 is 0 Å². The zero-order chi connectivity index (χ0) is 17.1. The van der Waals surface area contributed by atoms with Crippen LogP contribution in [0.1, 0.15) is 23.1 Å². The lowest BCUT2D eigenvalue weighted by Gasteiger charge is -2.19. The van der Waals surface area contributed by atoms with Crippen molar-refractivity contribution in [3.63, 3.8) is 0 Å². The van der Waals surface area contributed by atoms with Crippen molar-refractivity contribution in [2.24, 2.45) is 13.0 Å². The van der Waals surface area contributed by atoms with Gasteiger partial charge in [-0.15, -0.1) is 0 Å². The molecule has 0 spiro atoms. The second kappa shape index (κ2) is 7.34. The number of aromatic nitrogens is 2. The molecule has 1 aliphatic heterocycles. The van der Waals surface area contributed by atoms with Crippen LogP contribution >= 0.6 is 11.6 Å². The summed E-state index contributed by atoms with van der Waals surface area (Å²) in [6.45, 7) is 1.56. The predicted molar refractivity (Wildman–Crippen MR) is 91.7 cm³/mol. The second-order valence-corrected chi connectivity index (χ2v) is 6.57. The number of hydrogen-bond acceptors (Lipinski definition) is 4. The topological polar surface area (TPSA) is 79.2 Å². The number of carbonyl (C=O) groups excluding carboxylic acids is 1. The molecule has 24 heavy (non-hydrogen) atoms. The fraction of sp³-hybridized carbons (Fsp3) is 0.412. The number of nitrogens with one attached hydrogen (secondary N) is 2. The summed E-state index contributed by atoms with van der Waals surface area (Å²) in [5.41, 5.74) is 1.79. The maximum Gasteiger partial charge on any atom is 0.225 e. The Morgan fingerprint density at radius 1 is 1.46 bits per heavy atom. The summed E-state index contributed by atoms with van der Waals surface area (Å²) in [4.78, 5) is 12.5. The van der Waals surface area contributed by atoms with Crippen molar-refractivity contribution in [1.29, 1.82) is 0 Å². The first kappa shape index (κ1) is 17.0. The third-order valence-corrected chi connectivity index (χ3v) is 4.68. The minimum absolute atomic E-state index is 0.0538. The van der Waals surface area contributed by atoms with Crippen LogP contribution in [0.5, 0.6) is 0 Å². The highest BCUT2D eigenvalue weighted by Gasteiger charge is 2.34. The van der Waals surface area contributed by atoms with Gasteiger partial charge in [0.05, 0.1) is 18.2 Å². The van der Waals surface area contributed by atoms with E-state index in [2.05, 4.69) is 15.7 Å². The lowest BCUT2D eigenvalue weighted by molar-refractivity contribution is -0.125. The van der Waals surface area contributed by atoms with Crippen LogP contribution in [0.4, 0.5) is 0 Å². The molecule has 3 N–H and O–H groups in total. The van der Waals surface area contributed by atoms with Crippen LogP contribution in [0.3, 0.4) is 0 Å². The number of nitrogens with zero attached hydrogens (tertiary/aromatic N) is 2. The van der Waals surface area contributed by atoms with Crippen molar-refractivity contribution in [2.45, 2.75) is 12.0 Å². The van der Waals surface area contributed by atoms with Gasteiger partial charge in [0, 0.05) is 43.8 Å². The summed E-state index contributed by atoms with van der Waals surface area (Å²) in [5.74, 6) is -0.111. The number of carbonyl (C=O) groups is 1. The number of aliphatic hydroxyl groups excluding tert-OH is 1. The molecule has 1 saturated heterocycles. The SMILES string of the molecule is Cn1cc([C@H]2CNC[C@@H]2C(=O)NCC(O)c2ccc(Cl)cc2)cn1. The Kier molecular flexibility index (Phi) is 5.18. The highest BCUT2D eigenvalue weighted by Crippen LogP contribution is 2.28. The number of benzene rings is 1. The van der Waals surface area contributed by atoms with Gasteiger partial charge in [0.25, 0.3) is 0 Å². The second-order valence-electron chi connectivity index (χ2n) is 6.13. The van der Waals surface area contributed by atoms with E-state index in [0.29, 0.717) is 11.6 Å². The molecule has 128 valence electrons. The van der Waals surface area contributed by atoms with Crippen LogP contribution in [-0.4, -0.2) is 40.4 Å². The number of rotatable bonds is 5. The third-order valence-electron chi connectivity index (χ3n) is 4.43. The molecule has 0 radical (unpaired) electrons. The molecule has 2 heterocycles. The Morgan fingerprint density at radius 2 is 2.21 bits per heavy atom. The van der Waals surface area contributed by atoms with Crippen molar-refractivity contribution in [3.8, 4) is 0 Å². The quantitative estimate of drug-likeness (QED) is 0.759. The van der Waals surface area contributed by atoms with Crippen LogP contribution in [0.15, 0.2) is 36.7 Å². The number of aryl methyl sites for hydroxylation is 1. The smallest absolute Gasteiger partial charge is 0.225 e. The minimum Gasteiger partial charge on any atom is -0.387 e. The standard InChI is InChI=1S/C17H21ClN4O2/c1-22-10-12(6-21-22)14-7-19-8-15(14)17(24)20-9-16(23)11-2-4-13(18)5-3-11/h2-6,10,14-16,19,23H,7-9H2,1H3,(H,20,24)/t14-,15+,16?/m1/s1. The molecule has 7 heteroatoms. The Morgan fingerprint density at radius 3 is 2.88 bits per heavy atom. The van der Waals surface area contributed by atoms with Gasteiger partial charge in [0.1, 0.15) is 0 Å². The molecule has 2 aromatic rings. The van der Waals surface area contributed by atoms with E-state index in [1.165, 1.54) is 0 Å². The average molecular weight is 349 g/mol. The molecular weight excluding hydrogens is 328 g/mol. The van der Waals surface area contributed by atoms with Gasteiger partial charge in [0.2, 0.25) is 5.91 Å². The highest BCUT2D eigenvalue weighted by molar-refractivity contribution is 6.30. The molecule has 0 bridgehead atoms. The number of aliphatic hydroxyl groups is 1. The van der Waals surface area contributed by atoms with Crippen molar-refractivity contribution in [2.75, 3.05) is 19.6 Å². The number of amides is 1. The normalized spacial score (nSPS) is 21.6. The summed E-state index contributed by atoms with van der Waals surface area (Å²) in [5, 5.41) is 21.1. The molecule has 1 aromatic heterocycles. The Bertz CT molecular complexity index is 701. The Balaban J connectivity index is 1.59. The highest BCUT2D eigenvalue weighted by atomic mass is 35.5. The van der Waals surface area contributed by atoms with Gasteiger partial charge in [0.15, 0.2) is 0 Å². The molecule has 0 aliphatic carbocycles. The molecule has 3 rings (SSSR count). The maximum absolute atomic E-state index is 12.5. The van der Waals surface area contributed by atoms with E-state index in [9.17, 15) is 9.90 Å². The van der Waals surface area contributed by atoms with Crippen LogP contribution in [-0.2, 0) is 11.8 Å². The average Bonchev–Trinajstić information content (AvgIpc) is 3.21. The van der Waals surface area contributed by atoms with E-state index in [-0.39, 0.29) is 24.3 Å². The van der Waals surface area contributed by atoms with Crippen LogP contribution in [0, 0.1) is 5.92 Å². The monoisotopic (exact) mass is 348 g/mol. The fourth-order valence-electron chi connectivity index (χ4n) is 3.07. The molecule has 1 unspecified atom stereocenters. The lowest BCUT2D eigenvalue weighted by atomic mass is 9.90. The predicted octanol–water partition coefficient (Wildman–Crippen LogP) is 1.23. The summed E-state index contributed by atoms with van der Waals surface area (Å²) in [7, 11) is 1.86. The molecular formula is C17H21ClN4O2. The van der Waals surface area contributed by atoms with Crippen LogP contribution in [0.25, 0.3) is 0 Å².